The minimum absolute atomic E-state index is 0.00253. The number of ether oxygens (including phenoxy) is 4. The summed E-state index contributed by atoms with van der Waals surface area (Å²) in [5.74, 6) is -0.136. The van der Waals surface area contributed by atoms with E-state index in [1.165, 1.54) is 6.42 Å². The quantitative estimate of drug-likeness (QED) is 0.104. The van der Waals surface area contributed by atoms with Gasteiger partial charge in [0.1, 0.15) is 24.7 Å². The van der Waals surface area contributed by atoms with Crippen LogP contribution >= 0.6 is 0 Å². The van der Waals surface area contributed by atoms with E-state index in [1.54, 1.807) is 72.8 Å². The molecule has 0 aliphatic rings. The van der Waals surface area contributed by atoms with Crippen LogP contribution in [-0.4, -0.2) is 44.0 Å². The molecule has 0 saturated heterocycles. The lowest BCUT2D eigenvalue weighted by Crippen LogP contribution is -2.19. The highest BCUT2D eigenvalue weighted by atomic mass is 19.4. The van der Waals surface area contributed by atoms with Crippen LogP contribution in [0, 0.1) is 0 Å². The highest BCUT2D eigenvalue weighted by Gasteiger charge is 2.27. The maximum absolute atomic E-state index is 12.6. The van der Waals surface area contributed by atoms with Gasteiger partial charge in [0.15, 0.2) is 0 Å². The Balaban J connectivity index is 1.46. The van der Waals surface area contributed by atoms with E-state index in [-0.39, 0.29) is 19.3 Å². The Morgan fingerprint density at radius 3 is 1.90 bits per heavy atom. The summed E-state index contributed by atoms with van der Waals surface area (Å²) in [6, 6.07) is 20.1. The Hall–Kier alpha value is -3.85. The van der Waals surface area contributed by atoms with Crippen LogP contribution in [0.1, 0.15) is 66.7 Å². The molecule has 0 saturated carbocycles. The molecule has 3 rings (SSSR count). The predicted octanol–water partition coefficient (Wildman–Crippen LogP) is 8.05. The van der Waals surface area contributed by atoms with Crippen LogP contribution in [0.3, 0.4) is 0 Å². The highest BCUT2D eigenvalue weighted by Crippen LogP contribution is 2.24. The van der Waals surface area contributed by atoms with E-state index in [9.17, 15) is 22.8 Å². The van der Waals surface area contributed by atoms with Crippen molar-refractivity contribution in [2.45, 2.75) is 58.2 Å². The van der Waals surface area contributed by atoms with E-state index in [0.717, 1.165) is 36.8 Å². The maximum Gasteiger partial charge on any atom is 0.411 e. The molecular formula is C32H35F3O6. The van der Waals surface area contributed by atoms with Gasteiger partial charge in [-0.15, -0.1) is 0 Å². The van der Waals surface area contributed by atoms with Gasteiger partial charge in [-0.3, -0.25) is 0 Å². The van der Waals surface area contributed by atoms with Crippen molar-refractivity contribution in [3.63, 3.8) is 0 Å². The van der Waals surface area contributed by atoms with E-state index in [0.29, 0.717) is 22.6 Å². The molecule has 1 unspecified atom stereocenters. The van der Waals surface area contributed by atoms with Gasteiger partial charge in [0, 0.05) is 0 Å². The van der Waals surface area contributed by atoms with Crippen LogP contribution < -0.4 is 9.47 Å². The van der Waals surface area contributed by atoms with Crippen molar-refractivity contribution in [3.05, 3.63) is 83.9 Å². The van der Waals surface area contributed by atoms with Crippen LogP contribution in [0.5, 0.6) is 11.5 Å². The van der Waals surface area contributed by atoms with Gasteiger partial charge in [0.25, 0.3) is 0 Å². The standard InChI is InChI=1S/C32H35F3O6/c1-3-4-5-6-7-23(2)40-30(36)27-14-18-29(19-15-27)41-31(37)26-10-8-24(9-11-26)25-12-16-28(17-13-25)39-21-20-38-22-32(33,34)35/h8-19,23H,3-7,20-22H2,1-2H3. The molecular weight excluding hydrogens is 537 g/mol. The van der Waals surface area contributed by atoms with Crippen LogP contribution in [0.4, 0.5) is 13.2 Å². The smallest absolute Gasteiger partial charge is 0.411 e. The second kappa shape index (κ2) is 15.8. The van der Waals surface area contributed by atoms with Crippen molar-refractivity contribution in [2.24, 2.45) is 0 Å². The molecule has 0 amide bonds. The number of hydrogen-bond donors (Lipinski definition) is 0. The molecule has 0 spiro atoms. The Morgan fingerprint density at radius 2 is 1.29 bits per heavy atom. The van der Waals surface area contributed by atoms with Crippen LogP contribution in [0.25, 0.3) is 11.1 Å². The fraction of sp³-hybridized carbons (Fsp3) is 0.375. The first-order valence-corrected chi connectivity index (χ1v) is 13.7. The molecule has 0 fully saturated rings. The summed E-state index contributed by atoms with van der Waals surface area (Å²) in [6.07, 6.45) is 0.786. The summed E-state index contributed by atoms with van der Waals surface area (Å²) in [7, 11) is 0. The van der Waals surface area contributed by atoms with Gasteiger partial charge in [-0.1, -0.05) is 50.5 Å². The number of benzene rings is 3. The molecule has 1 atom stereocenters. The molecule has 6 nitrogen and oxygen atoms in total. The Bertz CT molecular complexity index is 1220. The van der Waals surface area contributed by atoms with Crippen molar-refractivity contribution in [3.8, 4) is 22.6 Å². The molecule has 0 radical (unpaired) electrons. The number of unbranched alkanes of at least 4 members (excludes halogenated alkanes) is 3. The molecule has 9 heteroatoms. The first-order chi connectivity index (χ1) is 19.6. The zero-order valence-corrected chi connectivity index (χ0v) is 23.2. The Labute approximate surface area is 238 Å². The minimum Gasteiger partial charge on any atom is -0.491 e. The van der Waals surface area contributed by atoms with E-state index in [2.05, 4.69) is 11.7 Å². The van der Waals surface area contributed by atoms with Gasteiger partial charge < -0.3 is 18.9 Å². The number of carbonyl (C=O) groups excluding carboxylic acids is 2. The monoisotopic (exact) mass is 572 g/mol. The second-order valence-corrected chi connectivity index (χ2v) is 9.60. The normalized spacial score (nSPS) is 12.0. The first-order valence-electron chi connectivity index (χ1n) is 13.7. The number of alkyl halides is 3. The summed E-state index contributed by atoms with van der Waals surface area (Å²) in [4.78, 5) is 25.0. The molecule has 0 bridgehead atoms. The molecule has 3 aromatic rings. The van der Waals surface area contributed by atoms with Crippen molar-refractivity contribution in [1.29, 1.82) is 0 Å². The van der Waals surface area contributed by atoms with Crippen LogP contribution in [0.2, 0.25) is 0 Å². The van der Waals surface area contributed by atoms with Crippen molar-refractivity contribution in [1.82, 2.24) is 0 Å². The first kappa shape index (κ1) is 31.7. The number of halogens is 3. The van der Waals surface area contributed by atoms with Gasteiger partial charge >= 0.3 is 18.1 Å². The van der Waals surface area contributed by atoms with Crippen LogP contribution in [-0.2, 0) is 9.47 Å². The maximum atomic E-state index is 12.6. The Kier molecular flexibility index (Phi) is 12.2. The largest absolute Gasteiger partial charge is 0.491 e. The minimum atomic E-state index is -4.36. The summed E-state index contributed by atoms with van der Waals surface area (Å²) in [6.45, 7) is 2.56. The third kappa shape index (κ3) is 11.3. The second-order valence-electron chi connectivity index (χ2n) is 9.60. The zero-order valence-electron chi connectivity index (χ0n) is 23.2. The third-order valence-electron chi connectivity index (χ3n) is 6.14. The van der Waals surface area contributed by atoms with Gasteiger partial charge in [-0.05, 0) is 79.4 Å². The molecule has 0 aliphatic heterocycles. The van der Waals surface area contributed by atoms with Crippen molar-refractivity contribution >= 4 is 11.9 Å². The van der Waals surface area contributed by atoms with Gasteiger partial charge in [-0.25, -0.2) is 9.59 Å². The van der Waals surface area contributed by atoms with Crippen molar-refractivity contribution < 1.29 is 41.7 Å². The number of esters is 2. The van der Waals surface area contributed by atoms with E-state index in [1.807, 2.05) is 6.92 Å². The molecule has 0 aromatic heterocycles. The molecule has 0 aliphatic carbocycles. The number of carbonyl (C=O) groups is 2. The predicted molar refractivity (Wildman–Crippen MR) is 149 cm³/mol. The van der Waals surface area contributed by atoms with E-state index >= 15 is 0 Å². The average molecular weight is 573 g/mol. The summed E-state index contributed by atoms with van der Waals surface area (Å²) in [5.41, 5.74) is 2.46. The summed E-state index contributed by atoms with van der Waals surface area (Å²) < 4.78 is 57.1. The molecule has 0 N–H and O–H groups in total. The number of hydrogen-bond acceptors (Lipinski definition) is 6. The lowest BCUT2D eigenvalue weighted by Gasteiger charge is -2.13. The summed E-state index contributed by atoms with van der Waals surface area (Å²) in [5, 5.41) is 0. The fourth-order valence-electron chi connectivity index (χ4n) is 3.94. The van der Waals surface area contributed by atoms with Crippen molar-refractivity contribution in [2.75, 3.05) is 19.8 Å². The SMILES string of the molecule is CCCCCCC(C)OC(=O)c1ccc(OC(=O)c2ccc(-c3ccc(OCCOCC(F)(F)F)cc3)cc2)cc1. The third-order valence-corrected chi connectivity index (χ3v) is 6.14. The fourth-order valence-corrected chi connectivity index (χ4v) is 3.94. The molecule has 41 heavy (non-hydrogen) atoms. The highest BCUT2D eigenvalue weighted by molar-refractivity contribution is 5.92. The van der Waals surface area contributed by atoms with E-state index in [4.69, 9.17) is 14.2 Å². The van der Waals surface area contributed by atoms with E-state index < -0.39 is 24.7 Å². The topological polar surface area (TPSA) is 71.1 Å². The summed E-state index contributed by atoms with van der Waals surface area (Å²) >= 11 is 0. The lowest BCUT2D eigenvalue weighted by atomic mass is 10.0. The zero-order chi connectivity index (χ0) is 29.7. The Morgan fingerprint density at radius 1 is 0.732 bits per heavy atom. The number of rotatable bonds is 15. The van der Waals surface area contributed by atoms with Gasteiger partial charge in [0.2, 0.25) is 0 Å². The van der Waals surface area contributed by atoms with Gasteiger partial charge in [0.05, 0.1) is 23.8 Å². The molecule has 220 valence electrons. The average Bonchev–Trinajstić information content (AvgIpc) is 2.95. The van der Waals surface area contributed by atoms with Gasteiger partial charge in [-0.2, -0.15) is 13.2 Å². The lowest BCUT2D eigenvalue weighted by molar-refractivity contribution is -0.175. The van der Waals surface area contributed by atoms with Crippen LogP contribution in [0.15, 0.2) is 72.8 Å². The molecule has 3 aromatic carbocycles. The molecule has 0 heterocycles.